The highest BCUT2D eigenvalue weighted by atomic mass is 16.5. The molecule has 0 saturated heterocycles. The van der Waals surface area contributed by atoms with Gasteiger partial charge in [-0.1, -0.05) is 30.3 Å². The minimum atomic E-state index is -0.328. The molecule has 0 radical (unpaired) electrons. The normalized spacial score (nSPS) is 12.4. The van der Waals surface area contributed by atoms with E-state index in [0.717, 1.165) is 29.7 Å². The van der Waals surface area contributed by atoms with Gasteiger partial charge >= 0.3 is 0 Å². The van der Waals surface area contributed by atoms with E-state index in [-0.39, 0.29) is 5.91 Å². The highest BCUT2D eigenvalue weighted by molar-refractivity contribution is 5.96. The van der Waals surface area contributed by atoms with E-state index in [1.165, 1.54) is 11.8 Å². The number of nitrogens with one attached hydrogen (secondary N) is 2. The van der Waals surface area contributed by atoms with Gasteiger partial charge in [-0.3, -0.25) is 9.89 Å². The summed E-state index contributed by atoms with van der Waals surface area (Å²) >= 11 is 0. The molecule has 2 aromatic carbocycles. The average Bonchev–Trinajstić information content (AvgIpc) is 3.18. The number of carbonyl (C=O) groups is 1. The van der Waals surface area contributed by atoms with Crippen LogP contribution in [0.4, 0.5) is 0 Å². The number of fused-ring (bicyclic) bond motifs is 3. The Morgan fingerprint density at radius 1 is 1.14 bits per heavy atom. The smallest absolute Gasteiger partial charge is 0.289 e. The largest absolute Gasteiger partial charge is 0.493 e. The second-order valence-corrected chi connectivity index (χ2v) is 6.36. The maximum atomic E-state index is 12.6. The van der Waals surface area contributed by atoms with Crippen LogP contribution in [0.25, 0.3) is 11.3 Å². The Morgan fingerprint density at radius 3 is 2.82 bits per heavy atom. The van der Waals surface area contributed by atoms with E-state index in [1.807, 2.05) is 30.3 Å². The second kappa shape index (κ2) is 7.56. The Bertz CT molecular complexity index is 1060. The van der Waals surface area contributed by atoms with Crippen LogP contribution in [-0.4, -0.2) is 36.5 Å². The number of para-hydroxylation sites is 1. The van der Waals surface area contributed by atoms with Gasteiger partial charge in [0.2, 0.25) is 0 Å². The van der Waals surface area contributed by atoms with Gasteiger partial charge in [-0.2, -0.15) is 10.2 Å². The molecule has 142 valence electrons. The van der Waals surface area contributed by atoms with Crippen LogP contribution < -0.4 is 14.9 Å². The molecular weight excluding hydrogens is 356 g/mol. The molecular formula is C21H20N4O3. The number of hydrogen-bond donors (Lipinski definition) is 2. The number of hydrogen-bond acceptors (Lipinski definition) is 5. The fraction of sp³-hybridized carbons (Fsp3) is 0.190. The van der Waals surface area contributed by atoms with Crippen molar-refractivity contribution < 1.29 is 14.3 Å². The van der Waals surface area contributed by atoms with Crippen LogP contribution in [-0.2, 0) is 12.8 Å². The van der Waals surface area contributed by atoms with E-state index in [1.54, 1.807) is 20.3 Å². The molecule has 1 heterocycles. The first-order valence-corrected chi connectivity index (χ1v) is 8.93. The molecule has 7 heteroatoms. The molecule has 1 amide bonds. The van der Waals surface area contributed by atoms with Gasteiger partial charge in [-0.25, -0.2) is 5.43 Å². The Balaban J connectivity index is 1.54. The number of hydrazone groups is 1. The molecule has 7 nitrogen and oxygen atoms in total. The van der Waals surface area contributed by atoms with Crippen molar-refractivity contribution in [3.05, 3.63) is 64.8 Å². The fourth-order valence-corrected chi connectivity index (χ4v) is 3.48. The third kappa shape index (κ3) is 3.11. The van der Waals surface area contributed by atoms with Gasteiger partial charge in [-0.05, 0) is 30.5 Å². The number of amides is 1. The number of benzene rings is 2. The van der Waals surface area contributed by atoms with Crippen LogP contribution in [0.5, 0.6) is 11.5 Å². The Hall–Kier alpha value is -3.61. The van der Waals surface area contributed by atoms with Crippen LogP contribution in [0.1, 0.15) is 27.2 Å². The summed E-state index contributed by atoms with van der Waals surface area (Å²) < 4.78 is 10.6. The standard InChI is InChI=1S/C21H20N4O3/c1-27-17-9-5-7-14(20(17)28-2)12-22-25-21(26)19-16-11-10-13-6-3-4-8-15(13)18(16)23-24-19/h3-9,12H,10-11H2,1-2H3,(H,23,24)(H,25,26)/b22-12+. The van der Waals surface area contributed by atoms with Crippen molar-refractivity contribution >= 4 is 12.1 Å². The lowest BCUT2D eigenvalue weighted by Gasteiger charge is -2.15. The van der Waals surface area contributed by atoms with E-state index in [9.17, 15) is 4.79 Å². The first-order chi connectivity index (χ1) is 13.7. The lowest BCUT2D eigenvalue weighted by molar-refractivity contribution is 0.0949. The third-order valence-electron chi connectivity index (χ3n) is 4.81. The molecule has 1 aliphatic rings. The monoisotopic (exact) mass is 376 g/mol. The van der Waals surface area contributed by atoms with Crippen LogP contribution >= 0.6 is 0 Å². The third-order valence-corrected chi connectivity index (χ3v) is 4.81. The van der Waals surface area contributed by atoms with Gasteiger partial charge in [-0.15, -0.1) is 0 Å². The van der Waals surface area contributed by atoms with E-state index >= 15 is 0 Å². The van der Waals surface area contributed by atoms with Gasteiger partial charge in [0.15, 0.2) is 11.5 Å². The number of carbonyl (C=O) groups excluding carboxylic acids is 1. The summed E-state index contributed by atoms with van der Waals surface area (Å²) in [5, 5.41) is 11.3. The first-order valence-electron chi connectivity index (χ1n) is 8.93. The first kappa shape index (κ1) is 17.8. The maximum absolute atomic E-state index is 12.6. The van der Waals surface area contributed by atoms with Gasteiger partial charge < -0.3 is 9.47 Å². The van der Waals surface area contributed by atoms with Crippen LogP contribution in [0.2, 0.25) is 0 Å². The summed E-state index contributed by atoms with van der Waals surface area (Å²) in [6.45, 7) is 0. The predicted octanol–water partition coefficient (Wildman–Crippen LogP) is 2.96. The lowest BCUT2D eigenvalue weighted by atomic mass is 9.89. The topological polar surface area (TPSA) is 88.6 Å². The molecule has 0 atom stereocenters. The zero-order chi connectivity index (χ0) is 19.5. The van der Waals surface area contributed by atoms with Crippen molar-refractivity contribution in [2.75, 3.05) is 14.2 Å². The predicted molar refractivity (Wildman–Crippen MR) is 106 cm³/mol. The molecule has 0 fully saturated rings. The average molecular weight is 376 g/mol. The zero-order valence-electron chi connectivity index (χ0n) is 15.7. The van der Waals surface area contributed by atoms with Crippen molar-refractivity contribution in [1.82, 2.24) is 15.6 Å². The van der Waals surface area contributed by atoms with Crippen molar-refractivity contribution in [2.45, 2.75) is 12.8 Å². The van der Waals surface area contributed by atoms with Gasteiger partial charge in [0, 0.05) is 16.7 Å². The minimum absolute atomic E-state index is 0.328. The highest BCUT2D eigenvalue weighted by Crippen LogP contribution is 2.33. The van der Waals surface area contributed by atoms with Crippen LogP contribution in [0.15, 0.2) is 47.6 Å². The summed E-state index contributed by atoms with van der Waals surface area (Å²) in [7, 11) is 3.13. The lowest BCUT2D eigenvalue weighted by Crippen LogP contribution is -2.20. The Kier molecular flexibility index (Phi) is 4.80. The molecule has 0 spiro atoms. The molecule has 1 aromatic heterocycles. The van der Waals surface area contributed by atoms with E-state index in [2.05, 4.69) is 26.8 Å². The van der Waals surface area contributed by atoms with E-state index < -0.39 is 0 Å². The number of H-pyrrole nitrogens is 1. The highest BCUT2D eigenvalue weighted by Gasteiger charge is 2.24. The zero-order valence-corrected chi connectivity index (χ0v) is 15.7. The molecule has 3 aromatic rings. The number of rotatable bonds is 5. The molecule has 1 aliphatic carbocycles. The number of aryl methyl sites for hydroxylation is 1. The molecule has 0 saturated carbocycles. The Labute approximate surface area is 162 Å². The fourth-order valence-electron chi connectivity index (χ4n) is 3.48. The summed E-state index contributed by atoms with van der Waals surface area (Å²) in [4.78, 5) is 12.6. The summed E-state index contributed by atoms with van der Waals surface area (Å²) in [6, 6.07) is 13.6. The Morgan fingerprint density at radius 2 is 2.00 bits per heavy atom. The minimum Gasteiger partial charge on any atom is -0.493 e. The second-order valence-electron chi connectivity index (χ2n) is 6.36. The number of aromatic amines is 1. The molecule has 0 aliphatic heterocycles. The molecule has 0 bridgehead atoms. The van der Waals surface area contributed by atoms with E-state index in [0.29, 0.717) is 22.8 Å². The molecule has 4 rings (SSSR count). The molecule has 2 N–H and O–H groups in total. The van der Waals surface area contributed by atoms with Gasteiger partial charge in [0.25, 0.3) is 5.91 Å². The van der Waals surface area contributed by atoms with Crippen molar-refractivity contribution in [3.8, 4) is 22.8 Å². The summed E-state index contributed by atoms with van der Waals surface area (Å²) in [5.41, 5.74) is 7.78. The number of ether oxygens (including phenoxy) is 2. The number of nitrogens with zero attached hydrogens (tertiary/aromatic N) is 2. The number of methoxy groups -OCH3 is 2. The molecule has 0 unspecified atom stereocenters. The quantitative estimate of drug-likeness (QED) is 0.529. The van der Waals surface area contributed by atoms with Gasteiger partial charge in [0.05, 0.1) is 26.1 Å². The summed E-state index contributed by atoms with van der Waals surface area (Å²) in [5.74, 6) is 0.823. The SMILES string of the molecule is COc1cccc(/C=N/NC(=O)c2[nH]nc3c2CCc2ccccc2-3)c1OC. The van der Waals surface area contributed by atoms with Crippen LogP contribution in [0.3, 0.4) is 0 Å². The van der Waals surface area contributed by atoms with Crippen molar-refractivity contribution in [1.29, 1.82) is 0 Å². The molecule has 28 heavy (non-hydrogen) atoms. The van der Waals surface area contributed by atoms with Gasteiger partial charge in [0.1, 0.15) is 5.69 Å². The van der Waals surface area contributed by atoms with Crippen molar-refractivity contribution in [2.24, 2.45) is 5.10 Å². The van der Waals surface area contributed by atoms with Crippen molar-refractivity contribution in [3.63, 3.8) is 0 Å². The van der Waals surface area contributed by atoms with Crippen LogP contribution in [0, 0.1) is 0 Å². The van der Waals surface area contributed by atoms with E-state index in [4.69, 9.17) is 9.47 Å². The summed E-state index contributed by atoms with van der Waals surface area (Å²) in [6.07, 6.45) is 3.17. The maximum Gasteiger partial charge on any atom is 0.289 e. The number of aromatic nitrogens is 2.